The molecular weight excluding hydrogens is 296 g/mol. The van der Waals surface area contributed by atoms with Crippen molar-refractivity contribution in [1.82, 2.24) is 0 Å². The summed E-state index contributed by atoms with van der Waals surface area (Å²) < 4.78 is 39.7. The van der Waals surface area contributed by atoms with Gasteiger partial charge in [-0.2, -0.15) is 0 Å². The highest BCUT2D eigenvalue weighted by Crippen LogP contribution is 2.50. The minimum atomic E-state index is -3.23. The summed E-state index contributed by atoms with van der Waals surface area (Å²) in [5, 5.41) is 0. The molecule has 0 unspecified atom stereocenters. The van der Waals surface area contributed by atoms with Gasteiger partial charge >= 0.3 is 5.97 Å². The smallest absolute Gasteiger partial charge is 0.306 e. The Kier molecular flexibility index (Phi) is 7.09. The van der Waals surface area contributed by atoms with Gasteiger partial charge in [-0.3, -0.25) is 4.79 Å². The van der Waals surface area contributed by atoms with E-state index in [1.54, 1.807) is 0 Å². The minimum Gasteiger partial charge on any atom is -0.469 e. The Hall–Kier alpha value is -0.660. The second kappa shape index (κ2) is 8.10. The minimum absolute atomic E-state index is 0.0145. The molecule has 124 valence electrons. The summed E-state index contributed by atoms with van der Waals surface area (Å²) >= 11 is 0. The summed E-state index contributed by atoms with van der Waals surface area (Å²) in [4.78, 5) is 11.3. The molecule has 0 spiro atoms. The van der Waals surface area contributed by atoms with Crippen LogP contribution in [0.5, 0.6) is 0 Å². The first kappa shape index (κ1) is 18.4. The normalized spacial score (nSPS) is 17.0. The lowest BCUT2D eigenvalue weighted by atomic mass is 10.1. The number of carbonyl (C=O) groups is 1. The predicted octanol–water partition coefficient (Wildman–Crippen LogP) is 1.53. The Morgan fingerprint density at radius 3 is 2.19 bits per heavy atom. The third-order valence-corrected chi connectivity index (χ3v) is 5.51. The summed E-state index contributed by atoms with van der Waals surface area (Å²) in [5.41, 5.74) is -0.404. The molecule has 6 nitrogen and oxygen atoms in total. The molecule has 0 atom stereocenters. The first-order valence-electron chi connectivity index (χ1n) is 7.37. The van der Waals surface area contributed by atoms with Crippen molar-refractivity contribution in [2.75, 3.05) is 31.8 Å². The molecule has 0 aromatic heterocycles. The fourth-order valence-corrected chi connectivity index (χ4v) is 4.35. The highest BCUT2D eigenvalue weighted by Gasteiger charge is 2.47. The fourth-order valence-electron chi connectivity index (χ4n) is 2.33. The molecule has 0 aromatic rings. The standard InChI is InChI=1S/C14H26O6S/c1-4-19-13(20-5-2)6-9-21(16,17)11-14(7-8-14)10-12(15)18-3/h13H,4-11H2,1-3H3. The molecule has 1 saturated carbocycles. The quantitative estimate of drug-likeness (QED) is 0.424. The van der Waals surface area contributed by atoms with Crippen LogP contribution in [0.3, 0.4) is 0 Å². The maximum atomic E-state index is 12.2. The lowest BCUT2D eigenvalue weighted by Crippen LogP contribution is -2.26. The molecule has 1 rings (SSSR count). The monoisotopic (exact) mass is 322 g/mol. The van der Waals surface area contributed by atoms with Gasteiger partial charge in [0.1, 0.15) is 0 Å². The SMILES string of the molecule is CCOC(CCS(=O)(=O)CC1(CC(=O)OC)CC1)OCC. The third kappa shape index (κ3) is 6.76. The molecule has 1 aliphatic rings. The Morgan fingerprint density at radius 1 is 1.19 bits per heavy atom. The molecule has 1 fully saturated rings. The van der Waals surface area contributed by atoms with E-state index in [-0.39, 0.29) is 23.9 Å². The number of hydrogen-bond donors (Lipinski definition) is 0. The van der Waals surface area contributed by atoms with Crippen molar-refractivity contribution in [3.05, 3.63) is 0 Å². The van der Waals surface area contributed by atoms with Crippen molar-refractivity contribution in [3.63, 3.8) is 0 Å². The molecule has 1 aliphatic carbocycles. The van der Waals surface area contributed by atoms with Crippen LogP contribution in [0.15, 0.2) is 0 Å². The molecule has 0 aliphatic heterocycles. The van der Waals surface area contributed by atoms with Gasteiger partial charge in [0.25, 0.3) is 0 Å². The van der Waals surface area contributed by atoms with Gasteiger partial charge in [-0.15, -0.1) is 0 Å². The summed E-state index contributed by atoms with van der Waals surface area (Å²) in [7, 11) is -1.91. The Morgan fingerprint density at radius 2 is 1.76 bits per heavy atom. The van der Waals surface area contributed by atoms with Crippen LogP contribution in [-0.2, 0) is 28.8 Å². The van der Waals surface area contributed by atoms with Crippen molar-refractivity contribution >= 4 is 15.8 Å². The van der Waals surface area contributed by atoms with Crippen molar-refractivity contribution in [3.8, 4) is 0 Å². The molecular formula is C14H26O6S. The van der Waals surface area contributed by atoms with Gasteiger partial charge in [0.15, 0.2) is 16.1 Å². The maximum absolute atomic E-state index is 12.2. The van der Waals surface area contributed by atoms with Gasteiger partial charge in [-0.25, -0.2) is 8.42 Å². The predicted molar refractivity (Wildman–Crippen MR) is 78.6 cm³/mol. The van der Waals surface area contributed by atoms with Crippen LogP contribution in [0.2, 0.25) is 0 Å². The summed E-state index contributed by atoms with van der Waals surface area (Å²) in [5.74, 6) is -0.287. The fraction of sp³-hybridized carbons (Fsp3) is 0.929. The Labute approximate surface area is 127 Å². The zero-order chi connectivity index (χ0) is 15.9. The molecule has 0 heterocycles. The van der Waals surface area contributed by atoms with Gasteiger partial charge in [0.2, 0.25) is 0 Å². The van der Waals surface area contributed by atoms with Crippen LogP contribution in [0, 0.1) is 5.41 Å². The third-order valence-electron chi connectivity index (χ3n) is 3.60. The molecule has 0 N–H and O–H groups in total. The highest BCUT2D eigenvalue weighted by molar-refractivity contribution is 7.91. The second-order valence-corrected chi connectivity index (χ2v) is 7.66. The van der Waals surface area contributed by atoms with Crippen molar-refractivity contribution in [2.24, 2.45) is 5.41 Å². The number of carbonyl (C=O) groups excluding carboxylic acids is 1. The number of hydrogen-bond acceptors (Lipinski definition) is 6. The zero-order valence-corrected chi connectivity index (χ0v) is 13.9. The van der Waals surface area contributed by atoms with E-state index in [9.17, 15) is 13.2 Å². The molecule has 21 heavy (non-hydrogen) atoms. The van der Waals surface area contributed by atoms with Crippen molar-refractivity contribution < 1.29 is 27.4 Å². The van der Waals surface area contributed by atoms with Crippen molar-refractivity contribution in [1.29, 1.82) is 0 Å². The number of ether oxygens (including phenoxy) is 3. The molecule has 0 radical (unpaired) electrons. The van der Waals surface area contributed by atoms with E-state index in [2.05, 4.69) is 4.74 Å². The molecule has 0 aromatic carbocycles. The maximum Gasteiger partial charge on any atom is 0.306 e. The van der Waals surface area contributed by atoms with Crippen LogP contribution < -0.4 is 0 Å². The summed E-state index contributed by atoms with van der Waals surface area (Å²) in [6.45, 7) is 4.65. The first-order valence-corrected chi connectivity index (χ1v) is 9.19. The van der Waals surface area contributed by atoms with Gasteiger partial charge in [0.05, 0.1) is 25.0 Å². The van der Waals surface area contributed by atoms with Crippen LogP contribution in [0.4, 0.5) is 0 Å². The van der Waals surface area contributed by atoms with Crippen LogP contribution in [-0.4, -0.2) is 52.5 Å². The highest BCUT2D eigenvalue weighted by atomic mass is 32.2. The van der Waals surface area contributed by atoms with Crippen LogP contribution in [0.1, 0.15) is 39.5 Å². The van der Waals surface area contributed by atoms with Crippen molar-refractivity contribution in [2.45, 2.75) is 45.8 Å². The lowest BCUT2D eigenvalue weighted by molar-refractivity contribution is -0.141. The van der Waals surface area contributed by atoms with E-state index in [1.165, 1.54) is 7.11 Å². The van der Waals surface area contributed by atoms with Crippen LogP contribution in [0.25, 0.3) is 0 Å². The Bertz CT molecular complexity index is 421. The zero-order valence-electron chi connectivity index (χ0n) is 13.1. The Balaban J connectivity index is 2.48. The van der Waals surface area contributed by atoms with Gasteiger partial charge in [0, 0.05) is 19.6 Å². The molecule has 7 heteroatoms. The van der Waals surface area contributed by atoms with Gasteiger partial charge in [-0.05, 0) is 32.1 Å². The molecule has 0 bridgehead atoms. The second-order valence-electron chi connectivity index (χ2n) is 5.47. The van der Waals surface area contributed by atoms with Gasteiger partial charge < -0.3 is 14.2 Å². The van der Waals surface area contributed by atoms with E-state index >= 15 is 0 Å². The average Bonchev–Trinajstić information content (AvgIpc) is 3.15. The number of methoxy groups -OCH3 is 1. The number of sulfone groups is 1. The largest absolute Gasteiger partial charge is 0.469 e. The average molecular weight is 322 g/mol. The van der Waals surface area contributed by atoms with E-state index < -0.39 is 21.5 Å². The lowest BCUT2D eigenvalue weighted by Gasteiger charge is -2.18. The topological polar surface area (TPSA) is 78.9 Å². The van der Waals surface area contributed by atoms with E-state index in [0.717, 1.165) is 12.8 Å². The summed E-state index contributed by atoms with van der Waals surface area (Å²) in [6.07, 6.45) is 1.55. The summed E-state index contributed by atoms with van der Waals surface area (Å²) in [6, 6.07) is 0. The molecule has 0 saturated heterocycles. The van der Waals surface area contributed by atoms with E-state index in [0.29, 0.717) is 19.6 Å². The van der Waals surface area contributed by atoms with Crippen LogP contribution >= 0.6 is 0 Å². The number of rotatable bonds is 11. The van der Waals surface area contributed by atoms with E-state index in [1.807, 2.05) is 13.8 Å². The van der Waals surface area contributed by atoms with Gasteiger partial charge in [-0.1, -0.05) is 0 Å². The molecule has 0 amide bonds. The van der Waals surface area contributed by atoms with E-state index in [4.69, 9.17) is 9.47 Å². The first-order chi connectivity index (χ1) is 9.86. The number of esters is 1.